The molecule has 2 aromatic rings. The summed E-state index contributed by atoms with van der Waals surface area (Å²) in [5.41, 5.74) is 2.22. The van der Waals surface area contributed by atoms with Crippen LogP contribution in [0.3, 0.4) is 0 Å². The standard InChI is InChI=1S/C24H28N2O2/c1-2-28-23-13-10-22(11-14-23)12-15-24(27)26-19-17-25(18-20-26)16-6-9-21-7-4-3-5-8-21/h3-15H,2,16-20H2,1H3/b9-6+,15-12+. The number of amides is 1. The van der Waals surface area contributed by atoms with Crippen molar-refractivity contribution in [2.75, 3.05) is 39.3 Å². The van der Waals surface area contributed by atoms with Gasteiger partial charge < -0.3 is 9.64 Å². The van der Waals surface area contributed by atoms with E-state index in [1.807, 2.05) is 60.4 Å². The topological polar surface area (TPSA) is 32.8 Å². The third-order valence-corrected chi connectivity index (χ3v) is 4.77. The van der Waals surface area contributed by atoms with Crippen molar-refractivity contribution >= 4 is 18.1 Å². The minimum atomic E-state index is 0.0772. The van der Waals surface area contributed by atoms with E-state index in [0.717, 1.165) is 44.0 Å². The highest BCUT2D eigenvalue weighted by atomic mass is 16.5. The van der Waals surface area contributed by atoms with E-state index in [9.17, 15) is 4.79 Å². The number of hydrogen-bond donors (Lipinski definition) is 0. The molecule has 4 heteroatoms. The van der Waals surface area contributed by atoms with E-state index in [-0.39, 0.29) is 5.91 Å². The molecule has 4 nitrogen and oxygen atoms in total. The van der Waals surface area contributed by atoms with E-state index in [1.165, 1.54) is 5.56 Å². The predicted octanol–water partition coefficient (Wildman–Crippen LogP) is 3.96. The number of carbonyl (C=O) groups excluding carboxylic acids is 1. The van der Waals surface area contributed by atoms with Gasteiger partial charge in [0.25, 0.3) is 0 Å². The van der Waals surface area contributed by atoms with Crippen LogP contribution in [0.25, 0.3) is 12.2 Å². The first-order valence-electron chi connectivity index (χ1n) is 9.88. The van der Waals surface area contributed by atoms with Crippen molar-refractivity contribution in [3.05, 3.63) is 77.9 Å². The van der Waals surface area contributed by atoms with Gasteiger partial charge in [-0.25, -0.2) is 0 Å². The Morgan fingerprint density at radius 2 is 1.61 bits per heavy atom. The summed E-state index contributed by atoms with van der Waals surface area (Å²) >= 11 is 0. The number of carbonyl (C=O) groups is 1. The Morgan fingerprint density at radius 1 is 0.929 bits per heavy atom. The lowest BCUT2D eigenvalue weighted by Crippen LogP contribution is -2.48. The lowest BCUT2D eigenvalue weighted by Gasteiger charge is -2.33. The highest BCUT2D eigenvalue weighted by molar-refractivity contribution is 5.91. The maximum absolute atomic E-state index is 12.4. The molecule has 3 rings (SSSR count). The molecule has 1 saturated heterocycles. The highest BCUT2D eigenvalue weighted by Gasteiger charge is 2.18. The first-order chi connectivity index (χ1) is 13.7. The second-order valence-electron chi connectivity index (χ2n) is 6.77. The van der Waals surface area contributed by atoms with Crippen LogP contribution in [0.5, 0.6) is 5.75 Å². The van der Waals surface area contributed by atoms with Crippen molar-refractivity contribution < 1.29 is 9.53 Å². The molecular formula is C24H28N2O2. The van der Waals surface area contributed by atoms with E-state index in [2.05, 4.69) is 29.2 Å². The fraction of sp³-hybridized carbons (Fsp3) is 0.292. The van der Waals surface area contributed by atoms with Gasteiger partial charge in [-0.05, 0) is 36.3 Å². The molecule has 0 spiro atoms. The second kappa shape index (κ2) is 10.5. The quantitative estimate of drug-likeness (QED) is 0.686. The van der Waals surface area contributed by atoms with E-state index >= 15 is 0 Å². The van der Waals surface area contributed by atoms with Gasteiger partial charge in [-0.2, -0.15) is 0 Å². The fourth-order valence-electron chi connectivity index (χ4n) is 3.17. The Labute approximate surface area is 167 Å². The van der Waals surface area contributed by atoms with Gasteiger partial charge in [0.2, 0.25) is 5.91 Å². The third kappa shape index (κ3) is 6.10. The summed E-state index contributed by atoms with van der Waals surface area (Å²) in [6.07, 6.45) is 7.88. The van der Waals surface area contributed by atoms with E-state index < -0.39 is 0 Å². The average molecular weight is 377 g/mol. The SMILES string of the molecule is CCOc1ccc(/C=C/C(=O)N2CCN(C/C=C/c3ccccc3)CC2)cc1. The van der Waals surface area contributed by atoms with E-state index in [1.54, 1.807) is 6.08 Å². The summed E-state index contributed by atoms with van der Waals surface area (Å²) in [4.78, 5) is 16.7. The minimum absolute atomic E-state index is 0.0772. The van der Waals surface area contributed by atoms with Gasteiger partial charge >= 0.3 is 0 Å². The van der Waals surface area contributed by atoms with Crippen LogP contribution in [0.2, 0.25) is 0 Å². The molecule has 1 fully saturated rings. The Morgan fingerprint density at radius 3 is 2.29 bits per heavy atom. The summed E-state index contributed by atoms with van der Waals surface area (Å²) < 4.78 is 5.44. The Balaban J connectivity index is 1.42. The zero-order valence-corrected chi connectivity index (χ0v) is 16.5. The molecule has 0 radical (unpaired) electrons. The van der Waals surface area contributed by atoms with Gasteiger partial charge in [-0.15, -0.1) is 0 Å². The van der Waals surface area contributed by atoms with Crippen LogP contribution in [-0.4, -0.2) is 55.0 Å². The van der Waals surface area contributed by atoms with Crippen LogP contribution in [0.1, 0.15) is 18.1 Å². The first kappa shape index (κ1) is 19.9. The van der Waals surface area contributed by atoms with Crippen LogP contribution in [0, 0.1) is 0 Å². The molecule has 0 N–H and O–H groups in total. The van der Waals surface area contributed by atoms with Crippen molar-refractivity contribution in [2.45, 2.75) is 6.92 Å². The third-order valence-electron chi connectivity index (χ3n) is 4.77. The van der Waals surface area contributed by atoms with Crippen molar-refractivity contribution in [3.8, 4) is 5.75 Å². The molecule has 1 amide bonds. The van der Waals surface area contributed by atoms with Crippen LogP contribution in [-0.2, 0) is 4.79 Å². The fourth-order valence-corrected chi connectivity index (χ4v) is 3.17. The zero-order chi connectivity index (χ0) is 19.6. The van der Waals surface area contributed by atoms with Crippen molar-refractivity contribution in [1.29, 1.82) is 0 Å². The molecule has 0 unspecified atom stereocenters. The minimum Gasteiger partial charge on any atom is -0.494 e. The molecule has 0 atom stereocenters. The molecule has 2 aromatic carbocycles. The summed E-state index contributed by atoms with van der Waals surface area (Å²) in [5, 5.41) is 0. The Bertz CT molecular complexity index is 789. The molecule has 0 saturated carbocycles. The number of nitrogens with zero attached hydrogens (tertiary/aromatic N) is 2. The number of ether oxygens (including phenoxy) is 1. The normalized spacial score (nSPS) is 15.4. The predicted molar refractivity (Wildman–Crippen MR) is 115 cm³/mol. The summed E-state index contributed by atoms with van der Waals surface area (Å²) in [7, 11) is 0. The van der Waals surface area contributed by atoms with E-state index in [4.69, 9.17) is 4.74 Å². The number of benzene rings is 2. The first-order valence-corrected chi connectivity index (χ1v) is 9.88. The lowest BCUT2D eigenvalue weighted by atomic mass is 10.2. The zero-order valence-electron chi connectivity index (χ0n) is 16.5. The second-order valence-corrected chi connectivity index (χ2v) is 6.77. The molecule has 146 valence electrons. The largest absolute Gasteiger partial charge is 0.494 e. The maximum atomic E-state index is 12.4. The van der Waals surface area contributed by atoms with Gasteiger partial charge in [-0.1, -0.05) is 54.6 Å². The highest BCUT2D eigenvalue weighted by Crippen LogP contribution is 2.13. The van der Waals surface area contributed by atoms with Crippen LogP contribution < -0.4 is 4.74 Å². The maximum Gasteiger partial charge on any atom is 0.246 e. The van der Waals surface area contributed by atoms with Crippen LogP contribution in [0.15, 0.2) is 66.7 Å². The molecule has 1 aliphatic heterocycles. The van der Waals surface area contributed by atoms with Crippen molar-refractivity contribution in [2.24, 2.45) is 0 Å². The van der Waals surface area contributed by atoms with Crippen LogP contribution >= 0.6 is 0 Å². The Hall–Kier alpha value is -2.85. The van der Waals surface area contributed by atoms with Gasteiger partial charge in [0.05, 0.1) is 6.61 Å². The van der Waals surface area contributed by atoms with Gasteiger partial charge in [0, 0.05) is 38.8 Å². The molecule has 0 aromatic heterocycles. The van der Waals surface area contributed by atoms with Crippen molar-refractivity contribution in [3.63, 3.8) is 0 Å². The number of piperazine rings is 1. The molecule has 28 heavy (non-hydrogen) atoms. The Kier molecular flexibility index (Phi) is 7.44. The average Bonchev–Trinajstić information content (AvgIpc) is 2.74. The number of rotatable bonds is 7. The smallest absolute Gasteiger partial charge is 0.246 e. The van der Waals surface area contributed by atoms with Crippen LogP contribution in [0.4, 0.5) is 0 Å². The van der Waals surface area contributed by atoms with Crippen molar-refractivity contribution in [1.82, 2.24) is 9.80 Å². The lowest BCUT2D eigenvalue weighted by molar-refractivity contribution is -0.127. The molecule has 0 bridgehead atoms. The summed E-state index contributed by atoms with van der Waals surface area (Å²) in [6.45, 7) is 6.88. The monoisotopic (exact) mass is 376 g/mol. The number of hydrogen-bond acceptors (Lipinski definition) is 3. The van der Waals surface area contributed by atoms with Gasteiger partial charge in [-0.3, -0.25) is 9.69 Å². The van der Waals surface area contributed by atoms with E-state index in [0.29, 0.717) is 6.61 Å². The summed E-state index contributed by atoms with van der Waals surface area (Å²) in [5.74, 6) is 0.928. The summed E-state index contributed by atoms with van der Waals surface area (Å²) in [6, 6.07) is 18.1. The molecule has 1 heterocycles. The molecule has 1 aliphatic rings. The molecule has 0 aliphatic carbocycles. The van der Waals surface area contributed by atoms with Gasteiger partial charge in [0.15, 0.2) is 0 Å². The van der Waals surface area contributed by atoms with Gasteiger partial charge in [0.1, 0.15) is 5.75 Å². The molecular weight excluding hydrogens is 348 g/mol.